The first-order valence-electron chi connectivity index (χ1n) is 13.3. The van der Waals surface area contributed by atoms with Crippen molar-refractivity contribution in [2.75, 3.05) is 0 Å². The molecule has 0 amide bonds. The smallest absolute Gasteiger partial charge is 0.306 e. The van der Waals surface area contributed by atoms with Crippen molar-refractivity contribution < 1.29 is 9.90 Å². The zero-order chi connectivity index (χ0) is 26.9. The highest BCUT2D eigenvalue weighted by Gasteiger charge is 2.33. The van der Waals surface area contributed by atoms with Crippen LogP contribution < -0.4 is 0 Å². The van der Waals surface area contributed by atoms with E-state index in [1.807, 2.05) is 18.2 Å². The Balaban J connectivity index is 1.39. The van der Waals surface area contributed by atoms with E-state index in [0.717, 1.165) is 59.6 Å². The third-order valence-corrected chi connectivity index (χ3v) is 7.73. The van der Waals surface area contributed by atoms with Crippen LogP contribution >= 0.6 is 0 Å². The van der Waals surface area contributed by atoms with Crippen LogP contribution in [-0.4, -0.2) is 46.5 Å². The minimum absolute atomic E-state index is 0.163. The Bertz CT molecular complexity index is 1380. The number of hydrogen-bond acceptors (Lipinski definition) is 6. The van der Waals surface area contributed by atoms with Crippen molar-refractivity contribution in [2.45, 2.75) is 71.3 Å². The second kappa shape index (κ2) is 10.5. The van der Waals surface area contributed by atoms with Gasteiger partial charge in [-0.3, -0.25) is 4.79 Å². The van der Waals surface area contributed by atoms with Crippen LogP contribution in [0.4, 0.5) is 0 Å². The van der Waals surface area contributed by atoms with E-state index in [-0.39, 0.29) is 17.3 Å². The van der Waals surface area contributed by atoms with Crippen molar-refractivity contribution in [1.82, 2.24) is 35.4 Å². The normalized spacial score (nSPS) is 18.8. The fourth-order valence-corrected chi connectivity index (χ4v) is 5.38. The first-order chi connectivity index (χ1) is 18.2. The molecule has 1 aliphatic carbocycles. The molecule has 38 heavy (non-hydrogen) atoms. The van der Waals surface area contributed by atoms with E-state index in [1.165, 1.54) is 0 Å². The first-order valence-corrected chi connectivity index (χ1v) is 13.3. The van der Waals surface area contributed by atoms with Gasteiger partial charge in [-0.25, -0.2) is 14.8 Å². The number of aromatic nitrogens is 7. The Morgan fingerprint density at radius 3 is 2.34 bits per heavy atom. The van der Waals surface area contributed by atoms with Crippen LogP contribution in [0, 0.1) is 11.8 Å². The molecular formula is C29H35N7O2. The van der Waals surface area contributed by atoms with Gasteiger partial charge in [0.15, 0.2) is 11.6 Å². The predicted octanol–water partition coefficient (Wildman–Crippen LogP) is 5.47. The molecule has 0 aliphatic heterocycles. The zero-order valence-electron chi connectivity index (χ0n) is 22.4. The maximum absolute atomic E-state index is 11.4. The van der Waals surface area contributed by atoms with E-state index < -0.39 is 5.97 Å². The van der Waals surface area contributed by atoms with Crippen LogP contribution in [0.5, 0.6) is 0 Å². The first kappa shape index (κ1) is 25.8. The highest BCUT2D eigenvalue weighted by molar-refractivity contribution is 5.80. The summed E-state index contributed by atoms with van der Waals surface area (Å²) in [4.78, 5) is 16.5. The van der Waals surface area contributed by atoms with Crippen molar-refractivity contribution in [3.63, 3.8) is 0 Å². The van der Waals surface area contributed by atoms with Gasteiger partial charge in [0.25, 0.3) is 0 Å². The van der Waals surface area contributed by atoms with Gasteiger partial charge >= 0.3 is 5.97 Å². The van der Waals surface area contributed by atoms with Crippen LogP contribution in [0.1, 0.15) is 76.5 Å². The number of hydrogen-bond donors (Lipinski definition) is 2. The second-order valence-electron chi connectivity index (χ2n) is 11.4. The number of aliphatic carboxylic acids is 1. The number of carbonyl (C=O) groups is 1. The van der Waals surface area contributed by atoms with Gasteiger partial charge in [0, 0.05) is 16.9 Å². The number of aromatic amines is 1. The fourth-order valence-electron chi connectivity index (χ4n) is 5.38. The Labute approximate surface area is 222 Å². The van der Waals surface area contributed by atoms with Crippen molar-refractivity contribution in [2.24, 2.45) is 11.8 Å². The topological polar surface area (TPSA) is 122 Å². The van der Waals surface area contributed by atoms with Gasteiger partial charge < -0.3 is 5.11 Å². The van der Waals surface area contributed by atoms with Crippen LogP contribution in [0.15, 0.2) is 48.5 Å². The van der Waals surface area contributed by atoms with Crippen molar-refractivity contribution in [1.29, 1.82) is 0 Å². The molecule has 2 aromatic heterocycles. The quantitative estimate of drug-likeness (QED) is 0.336. The van der Waals surface area contributed by atoms with E-state index in [1.54, 1.807) is 0 Å². The summed E-state index contributed by atoms with van der Waals surface area (Å²) in [5.41, 5.74) is 4.06. The molecule has 2 N–H and O–H groups in total. The van der Waals surface area contributed by atoms with Gasteiger partial charge in [0.1, 0.15) is 5.82 Å². The maximum Gasteiger partial charge on any atom is 0.306 e. The molecule has 2 heterocycles. The molecule has 5 rings (SSSR count). The molecule has 4 aromatic rings. The summed E-state index contributed by atoms with van der Waals surface area (Å²) in [7, 11) is 0. The number of rotatable bonds is 7. The molecule has 2 aromatic carbocycles. The summed E-state index contributed by atoms with van der Waals surface area (Å²) in [5.74, 6) is 2.19. The number of H-pyrrole nitrogens is 1. The fraction of sp³-hybridized carbons (Fsp3) is 0.448. The standard InChI is InChI=1S/C29H35N7O2/c1-18(20-13-15-22(16-14-20)27(37)38)26-30-28(29(2,3)4)33-36(26)17-19-9-11-21(12-10-19)23-7-5-6-8-24(23)25-31-34-35-32-25/h5-12,18,20,22H,13-17H2,1-4H3,(H,37,38)(H,31,32,34,35). The third-order valence-electron chi connectivity index (χ3n) is 7.73. The maximum atomic E-state index is 11.4. The molecule has 1 saturated carbocycles. The molecule has 0 spiro atoms. The molecule has 1 unspecified atom stereocenters. The van der Waals surface area contributed by atoms with Crippen molar-refractivity contribution >= 4 is 5.97 Å². The molecule has 1 aliphatic rings. The van der Waals surface area contributed by atoms with E-state index in [4.69, 9.17) is 10.1 Å². The lowest BCUT2D eigenvalue weighted by Crippen LogP contribution is -2.25. The van der Waals surface area contributed by atoms with Gasteiger partial charge in [-0.05, 0) is 58.7 Å². The number of tetrazole rings is 1. The van der Waals surface area contributed by atoms with Gasteiger partial charge in [-0.1, -0.05) is 76.2 Å². The second-order valence-corrected chi connectivity index (χ2v) is 11.4. The highest BCUT2D eigenvalue weighted by Crippen LogP contribution is 2.38. The minimum Gasteiger partial charge on any atom is -0.481 e. The Kier molecular flexibility index (Phi) is 7.10. The van der Waals surface area contributed by atoms with Crippen molar-refractivity contribution in [3.8, 4) is 22.5 Å². The van der Waals surface area contributed by atoms with Gasteiger partial charge in [0.05, 0.1) is 12.5 Å². The van der Waals surface area contributed by atoms with E-state index in [2.05, 4.69) is 83.3 Å². The molecule has 1 fully saturated rings. The van der Waals surface area contributed by atoms with Crippen LogP contribution in [0.25, 0.3) is 22.5 Å². The molecule has 198 valence electrons. The zero-order valence-corrected chi connectivity index (χ0v) is 22.4. The van der Waals surface area contributed by atoms with Crippen LogP contribution in [0.3, 0.4) is 0 Å². The van der Waals surface area contributed by atoms with Gasteiger partial charge in [-0.2, -0.15) is 5.10 Å². The molecule has 9 nitrogen and oxygen atoms in total. The lowest BCUT2D eigenvalue weighted by Gasteiger charge is -2.30. The lowest BCUT2D eigenvalue weighted by molar-refractivity contribution is -0.143. The largest absolute Gasteiger partial charge is 0.481 e. The Morgan fingerprint density at radius 2 is 1.74 bits per heavy atom. The number of carboxylic acid groups (broad SMARTS) is 1. The summed E-state index contributed by atoms with van der Waals surface area (Å²) in [6.07, 6.45) is 3.28. The number of carboxylic acids is 1. The third kappa shape index (κ3) is 5.37. The SMILES string of the molecule is CC(c1nc(C(C)(C)C)nn1Cc1ccc(-c2ccccc2-c2nnn[nH]2)cc1)C1CCC(C(=O)O)CC1. The summed E-state index contributed by atoms with van der Waals surface area (Å²) in [5, 5.41) is 28.7. The molecule has 9 heteroatoms. The number of benzene rings is 2. The number of nitrogens with one attached hydrogen (secondary N) is 1. The van der Waals surface area contributed by atoms with E-state index >= 15 is 0 Å². The van der Waals surface area contributed by atoms with Crippen LogP contribution in [0.2, 0.25) is 0 Å². The van der Waals surface area contributed by atoms with Gasteiger partial charge in [-0.15, -0.1) is 5.10 Å². The summed E-state index contributed by atoms with van der Waals surface area (Å²) in [6, 6.07) is 16.6. The number of nitrogens with zero attached hydrogens (tertiary/aromatic N) is 6. The summed E-state index contributed by atoms with van der Waals surface area (Å²) < 4.78 is 2.05. The van der Waals surface area contributed by atoms with Crippen molar-refractivity contribution in [3.05, 3.63) is 65.7 Å². The molecule has 0 radical (unpaired) electrons. The summed E-state index contributed by atoms with van der Waals surface area (Å²) in [6.45, 7) is 9.25. The van der Waals surface area contributed by atoms with Crippen LogP contribution in [-0.2, 0) is 16.8 Å². The van der Waals surface area contributed by atoms with Gasteiger partial charge in [0.2, 0.25) is 0 Å². The predicted molar refractivity (Wildman–Crippen MR) is 144 cm³/mol. The molecule has 1 atom stereocenters. The molecular weight excluding hydrogens is 478 g/mol. The van der Waals surface area contributed by atoms with E-state index in [9.17, 15) is 9.90 Å². The monoisotopic (exact) mass is 513 g/mol. The lowest BCUT2D eigenvalue weighted by atomic mass is 9.76. The van der Waals surface area contributed by atoms with E-state index in [0.29, 0.717) is 18.3 Å². The average Bonchev–Trinajstić information content (AvgIpc) is 3.60. The average molecular weight is 514 g/mol. The molecule has 0 saturated heterocycles. The Hall–Kier alpha value is -3.88. The summed E-state index contributed by atoms with van der Waals surface area (Å²) >= 11 is 0. The molecule has 0 bridgehead atoms. The highest BCUT2D eigenvalue weighted by atomic mass is 16.4. The minimum atomic E-state index is -0.669. The Morgan fingerprint density at radius 1 is 1.05 bits per heavy atom.